The van der Waals surface area contributed by atoms with Gasteiger partial charge in [-0.05, 0) is 19.4 Å². The standard InChI is InChI=1S/C16H20O4/c1-12(2)16(18)20-11-7-10-19-15(13(3)17)14-8-5-4-6-9-14/h4-6,8-9,15H,1,7,10-11H2,2-3H3. The Labute approximate surface area is 119 Å². The van der Waals surface area contributed by atoms with E-state index in [9.17, 15) is 9.59 Å². The zero-order chi connectivity index (χ0) is 15.0. The van der Waals surface area contributed by atoms with Crippen LogP contribution in [0.15, 0.2) is 42.5 Å². The lowest BCUT2D eigenvalue weighted by Crippen LogP contribution is -2.15. The van der Waals surface area contributed by atoms with E-state index in [1.54, 1.807) is 6.92 Å². The Balaban J connectivity index is 2.36. The van der Waals surface area contributed by atoms with E-state index in [4.69, 9.17) is 9.47 Å². The Hall–Kier alpha value is -1.94. The number of hydrogen-bond donors (Lipinski definition) is 0. The van der Waals surface area contributed by atoms with Crippen molar-refractivity contribution in [3.05, 3.63) is 48.0 Å². The molecule has 1 atom stereocenters. The minimum atomic E-state index is -0.562. The maximum absolute atomic E-state index is 11.6. The van der Waals surface area contributed by atoms with Crippen LogP contribution in [-0.4, -0.2) is 25.0 Å². The van der Waals surface area contributed by atoms with E-state index in [0.29, 0.717) is 18.6 Å². The Morgan fingerprint density at radius 3 is 2.35 bits per heavy atom. The highest BCUT2D eigenvalue weighted by atomic mass is 16.5. The Kier molecular flexibility index (Phi) is 6.67. The normalized spacial score (nSPS) is 11.7. The molecule has 1 aromatic carbocycles. The highest BCUT2D eigenvalue weighted by Gasteiger charge is 2.16. The van der Waals surface area contributed by atoms with Crippen LogP contribution in [0, 0.1) is 0 Å². The predicted octanol–water partition coefficient (Wildman–Crippen LogP) is 2.84. The topological polar surface area (TPSA) is 52.6 Å². The summed E-state index contributed by atoms with van der Waals surface area (Å²) in [7, 11) is 0. The molecule has 108 valence electrons. The van der Waals surface area contributed by atoms with Crippen molar-refractivity contribution in [2.75, 3.05) is 13.2 Å². The summed E-state index contributed by atoms with van der Waals surface area (Å²) in [5.41, 5.74) is 1.20. The fourth-order valence-electron chi connectivity index (χ4n) is 1.62. The average molecular weight is 276 g/mol. The van der Waals surface area contributed by atoms with Crippen molar-refractivity contribution in [1.29, 1.82) is 0 Å². The van der Waals surface area contributed by atoms with Crippen LogP contribution in [0.1, 0.15) is 31.9 Å². The van der Waals surface area contributed by atoms with Crippen molar-refractivity contribution in [3.8, 4) is 0 Å². The molecule has 0 amide bonds. The van der Waals surface area contributed by atoms with Crippen LogP contribution in [0.5, 0.6) is 0 Å². The minimum absolute atomic E-state index is 0.0462. The molecule has 0 aliphatic carbocycles. The molecular formula is C16H20O4. The first kappa shape index (κ1) is 16.1. The minimum Gasteiger partial charge on any atom is -0.462 e. The van der Waals surface area contributed by atoms with Crippen molar-refractivity contribution in [2.24, 2.45) is 0 Å². The molecule has 0 spiro atoms. The molecule has 4 heteroatoms. The molecule has 1 unspecified atom stereocenters. The number of esters is 1. The van der Waals surface area contributed by atoms with E-state index in [-0.39, 0.29) is 12.4 Å². The lowest BCUT2D eigenvalue weighted by atomic mass is 10.1. The Bertz CT molecular complexity index is 465. The second kappa shape index (κ2) is 8.27. The summed E-state index contributed by atoms with van der Waals surface area (Å²) in [4.78, 5) is 22.7. The number of Topliss-reactive ketones (excluding diaryl/α,β-unsaturated/α-hetero) is 1. The molecule has 0 N–H and O–H groups in total. The van der Waals surface area contributed by atoms with Crippen LogP contribution in [0.2, 0.25) is 0 Å². The SMILES string of the molecule is C=C(C)C(=O)OCCCOC(C(C)=O)c1ccccc1. The third-order valence-corrected chi connectivity index (χ3v) is 2.63. The van der Waals surface area contributed by atoms with Crippen LogP contribution in [0.3, 0.4) is 0 Å². The predicted molar refractivity (Wildman–Crippen MR) is 76.2 cm³/mol. The maximum atomic E-state index is 11.6. The van der Waals surface area contributed by atoms with Gasteiger partial charge in [-0.3, -0.25) is 4.79 Å². The van der Waals surface area contributed by atoms with Crippen molar-refractivity contribution >= 4 is 11.8 Å². The van der Waals surface area contributed by atoms with Gasteiger partial charge in [0.15, 0.2) is 5.78 Å². The molecule has 0 aliphatic heterocycles. The van der Waals surface area contributed by atoms with E-state index in [1.807, 2.05) is 30.3 Å². The van der Waals surface area contributed by atoms with Crippen molar-refractivity contribution in [1.82, 2.24) is 0 Å². The molecule has 0 aromatic heterocycles. The number of ether oxygens (including phenoxy) is 2. The van der Waals surface area contributed by atoms with Crippen molar-refractivity contribution < 1.29 is 19.1 Å². The number of hydrogen-bond acceptors (Lipinski definition) is 4. The molecule has 0 aliphatic rings. The third kappa shape index (κ3) is 5.36. The van der Waals surface area contributed by atoms with Crippen LogP contribution >= 0.6 is 0 Å². The van der Waals surface area contributed by atoms with Gasteiger partial charge in [0.05, 0.1) is 13.2 Å². The van der Waals surface area contributed by atoms with Crippen LogP contribution in [0.25, 0.3) is 0 Å². The first-order valence-corrected chi connectivity index (χ1v) is 6.52. The Morgan fingerprint density at radius 2 is 1.80 bits per heavy atom. The van der Waals surface area contributed by atoms with Gasteiger partial charge in [-0.2, -0.15) is 0 Å². The number of carbonyl (C=O) groups excluding carboxylic acids is 2. The fourth-order valence-corrected chi connectivity index (χ4v) is 1.62. The zero-order valence-corrected chi connectivity index (χ0v) is 11.9. The van der Waals surface area contributed by atoms with E-state index in [0.717, 1.165) is 5.56 Å². The van der Waals surface area contributed by atoms with Gasteiger partial charge in [0.25, 0.3) is 0 Å². The largest absolute Gasteiger partial charge is 0.462 e. The van der Waals surface area contributed by atoms with Crippen LogP contribution < -0.4 is 0 Å². The summed E-state index contributed by atoms with van der Waals surface area (Å²) < 4.78 is 10.5. The quantitative estimate of drug-likeness (QED) is 0.416. The second-order valence-corrected chi connectivity index (χ2v) is 4.54. The fraction of sp³-hybridized carbons (Fsp3) is 0.375. The summed E-state index contributed by atoms with van der Waals surface area (Å²) >= 11 is 0. The van der Waals surface area contributed by atoms with Gasteiger partial charge in [0, 0.05) is 12.0 Å². The van der Waals surface area contributed by atoms with Gasteiger partial charge in [-0.1, -0.05) is 36.9 Å². The first-order valence-electron chi connectivity index (χ1n) is 6.52. The van der Waals surface area contributed by atoms with Crippen molar-refractivity contribution in [3.63, 3.8) is 0 Å². The molecule has 4 nitrogen and oxygen atoms in total. The lowest BCUT2D eigenvalue weighted by Gasteiger charge is -2.15. The molecule has 0 heterocycles. The summed E-state index contributed by atoms with van der Waals surface area (Å²) in [6.07, 6.45) is -0.0247. The molecule has 0 radical (unpaired) electrons. The monoisotopic (exact) mass is 276 g/mol. The molecule has 1 rings (SSSR count). The third-order valence-electron chi connectivity index (χ3n) is 2.63. The highest BCUT2D eigenvalue weighted by molar-refractivity contribution is 5.86. The number of carbonyl (C=O) groups is 2. The van der Waals surface area contributed by atoms with E-state index in [2.05, 4.69) is 6.58 Å². The van der Waals surface area contributed by atoms with E-state index in [1.165, 1.54) is 6.92 Å². The summed E-state index contributed by atoms with van der Waals surface area (Å²) in [6, 6.07) is 9.32. The molecule has 1 aromatic rings. The summed E-state index contributed by atoms with van der Waals surface area (Å²) in [6.45, 7) is 7.20. The second-order valence-electron chi connectivity index (χ2n) is 4.54. The van der Waals surface area contributed by atoms with Gasteiger partial charge >= 0.3 is 5.97 Å². The van der Waals surface area contributed by atoms with Gasteiger partial charge in [-0.15, -0.1) is 0 Å². The molecular weight excluding hydrogens is 256 g/mol. The smallest absolute Gasteiger partial charge is 0.333 e. The first-order chi connectivity index (χ1) is 9.52. The molecule has 0 fully saturated rings. The molecule has 0 bridgehead atoms. The van der Waals surface area contributed by atoms with Gasteiger partial charge in [0.1, 0.15) is 6.10 Å². The van der Waals surface area contributed by atoms with E-state index < -0.39 is 12.1 Å². The number of ketones is 1. The van der Waals surface area contributed by atoms with Crippen LogP contribution in [0.4, 0.5) is 0 Å². The number of benzene rings is 1. The average Bonchev–Trinajstić information content (AvgIpc) is 2.42. The number of rotatable bonds is 8. The molecule has 0 saturated carbocycles. The van der Waals surface area contributed by atoms with Gasteiger partial charge in [-0.25, -0.2) is 4.79 Å². The summed E-state index contributed by atoms with van der Waals surface area (Å²) in [5, 5.41) is 0. The van der Waals surface area contributed by atoms with Gasteiger partial charge in [0.2, 0.25) is 0 Å². The Morgan fingerprint density at radius 1 is 1.15 bits per heavy atom. The zero-order valence-electron chi connectivity index (χ0n) is 11.9. The molecule has 20 heavy (non-hydrogen) atoms. The summed E-state index contributed by atoms with van der Waals surface area (Å²) in [5.74, 6) is -0.452. The van der Waals surface area contributed by atoms with Crippen molar-refractivity contribution in [2.45, 2.75) is 26.4 Å². The maximum Gasteiger partial charge on any atom is 0.333 e. The van der Waals surface area contributed by atoms with E-state index >= 15 is 0 Å². The molecule has 0 saturated heterocycles. The lowest BCUT2D eigenvalue weighted by molar-refractivity contribution is -0.140. The van der Waals surface area contributed by atoms with Crippen LogP contribution in [-0.2, 0) is 19.1 Å². The van der Waals surface area contributed by atoms with Gasteiger partial charge < -0.3 is 9.47 Å². The highest BCUT2D eigenvalue weighted by Crippen LogP contribution is 2.18.